The first kappa shape index (κ1) is 8.72. The number of carbonyl (C=O) groups is 1. The summed E-state index contributed by atoms with van der Waals surface area (Å²) in [5, 5.41) is 0. The Kier molecular flexibility index (Phi) is 2.66. The summed E-state index contributed by atoms with van der Waals surface area (Å²) in [5.41, 5.74) is 0. The monoisotopic (exact) mass is 156 g/mol. The van der Waals surface area contributed by atoms with Crippen LogP contribution in [0, 0.1) is 11.8 Å². The zero-order valence-corrected chi connectivity index (χ0v) is 7.46. The van der Waals surface area contributed by atoms with E-state index >= 15 is 0 Å². The molecule has 2 nitrogen and oxygen atoms in total. The van der Waals surface area contributed by atoms with Gasteiger partial charge in [0.05, 0.1) is 6.10 Å². The molecule has 0 bridgehead atoms. The summed E-state index contributed by atoms with van der Waals surface area (Å²) in [7, 11) is 0. The molecule has 0 aromatic heterocycles. The van der Waals surface area contributed by atoms with Gasteiger partial charge in [0.25, 0.3) is 0 Å². The molecule has 0 radical (unpaired) electrons. The van der Waals surface area contributed by atoms with Crippen molar-refractivity contribution >= 4 is 5.78 Å². The molecule has 0 aromatic rings. The second kappa shape index (κ2) is 3.35. The maximum atomic E-state index is 11.3. The quantitative estimate of drug-likeness (QED) is 0.607. The fourth-order valence-corrected chi connectivity index (χ4v) is 1.77. The third-order valence-electron chi connectivity index (χ3n) is 2.33. The molecule has 1 rings (SSSR count). The van der Waals surface area contributed by atoms with Gasteiger partial charge in [-0.05, 0) is 12.3 Å². The van der Waals surface area contributed by atoms with E-state index in [1.54, 1.807) is 0 Å². The summed E-state index contributed by atoms with van der Waals surface area (Å²) in [6.07, 6.45) is 1.14. The van der Waals surface area contributed by atoms with Crippen molar-refractivity contribution in [3.63, 3.8) is 0 Å². The molecule has 1 aliphatic heterocycles. The Bertz CT molecular complexity index is 152. The third kappa shape index (κ3) is 1.62. The largest absolute Gasteiger partial charge is 0.370 e. The molecule has 2 atom stereocenters. The zero-order chi connectivity index (χ0) is 8.43. The van der Waals surface area contributed by atoms with Gasteiger partial charge in [-0.15, -0.1) is 0 Å². The molecule has 0 aromatic carbocycles. The van der Waals surface area contributed by atoms with E-state index in [4.69, 9.17) is 4.74 Å². The molecule has 0 amide bonds. The second-order valence-electron chi connectivity index (χ2n) is 3.49. The SMILES string of the molecule is CC[C@@H]1OCC(=O)[C@H]1C(C)C. The van der Waals surface area contributed by atoms with Gasteiger partial charge < -0.3 is 4.74 Å². The normalized spacial score (nSPS) is 31.8. The first-order valence-corrected chi connectivity index (χ1v) is 4.31. The lowest BCUT2D eigenvalue weighted by Crippen LogP contribution is -2.25. The van der Waals surface area contributed by atoms with Crippen LogP contribution < -0.4 is 0 Å². The molecule has 11 heavy (non-hydrogen) atoms. The van der Waals surface area contributed by atoms with Gasteiger partial charge in [-0.1, -0.05) is 20.8 Å². The Morgan fingerprint density at radius 2 is 2.27 bits per heavy atom. The number of carbonyl (C=O) groups excluding carboxylic acids is 1. The number of ketones is 1. The Morgan fingerprint density at radius 1 is 1.64 bits per heavy atom. The highest BCUT2D eigenvalue weighted by atomic mass is 16.5. The first-order valence-electron chi connectivity index (χ1n) is 4.31. The van der Waals surface area contributed by atoms with Gasteiger partial charge in [-0.25, -0.2) is 0 Å². The van der Waals surface area contributed by atoms with E-state index < -0.39 is 0 Å². The van der Waals surface area contributed by atoms with E-state index in [-0.39, 0.29) is 17.8 Å². The molecule has 1 aliphatic rings. The molecule has 1 heterocycles. The number of hydrogen-bond donors (Lipinski definition) is 0. The number of ether oxygens (including phenoxy) is 1. The second-order valence-corrected chi connectivity index (χ2v) is 3.49. The maximum absolute atomic E-state index is 11.3. The molecule has 2 heteroatoms. The van der Waals surface area contributed by atoms with Crippen LogP contribution in [0.1, 0.15) is 27.2 Å². The van der Waals surface area contributed by atoms with Crippen molar-refractivity contribution < 1.29 is 9.53 Å². The van der Waals surface area contributed by atoms with Gasteiger partial charge in [0.2, 0.25) is 0 Å². The van der Waals surface area contributed by atoms with Gasteiger partial charge in [-0.2, -0.15) is 0 Å². The Labute approximate surface area is 67.9 Å². The van der Waals surface area contributed by atoms with Crippen LogP contribution in [-0.4, -0.2) is 18.5 Å². The summed E-state index contributed by atoms with van der Waals surface area (Å²) >= 11 is 0. The zero-order valence-electron chi connectivity index (χ0n) is 7.46. The average Bonchev–Trinajstić information content (AvgIpc) is 2.30. The standard InChI is InChI=1S/C9H16O2/c1-4-8-9(6(2)3)7(10)5-11-8/h6,8-9H,4-5H2,1-3H3/t8-,9+/m0/s1. The van der Waals surface area contributed by atoms with Crippen LogP contribution in [0.3, 0.4) is 0 Å². The predicted octanol–water partition coefficient (Wildman–Crippen LogP) is 1.64. The van der Waals surface area contributed by atoms with E-state index in [1.165, 1.54) is 0 Å². The van der Waals surface area contributed by atoms with Crippen molar-refractivity contribution in [1.82, 2.24) is 0 Å². The van der Waals surface area contributed by atoms with Crippen molar-refractivity contribution in [2.24, 2.45) is 11.8 Å². The molecular weight excluding hydrogens is 140 g/mol. The lowest BCUT2D eigenvalue weighted by atomic mass is 9.87. The third-order valence-corrected chi connectivity index (χ3v) is 2.33. The Morgan fingerprint density at radius 3 is 2.64 bits per heavy atom. The van der Waals surface area contributed by atoms with E-state index in [9.17, 15) is 4.79 Å². The number of rotatable bonds is 2. The summed E-state index contributed by atoms with van der Waals surface area (Å²) in [6, 6.07) is 0. The van der Waals surface area contributed by atoms with Crippen LogP contribution in [0.4, 0.5) is 0 Å². The van der Waals surface area contributed by atoms with Gasteiger partial charge in [0.1, 0.15) is 6.61 Å². The van der Waals surface area contributed by atoms with Crippen LogP contribution in [-0.2, 0) is 9.53 Å². The highest BCUT2D eigenvalue weighted by Gasteiger charge is 2.36. The fourth-order valence-electron chi connectivity index (χ4n) is 1.77. The molecule has 1 fully saturated rings. The molecule has 0 saturated carbocycles. The van der Waals surface area contributed by atoms with Gasteiger partial charge >= 0.3 is 0 Å². The smallest absolute Gasteiger partial charge is 0.164 e. The number of Topliss-reactive ketones (excluding diaryl/α,β-unsaturated/α-hetero) is 1. The molecular formula is C9H16O2. The Hall–Kier alpha value is -0.370. The van der Waals surface area contributed by atoms with Gasteiger partial charge in [-0.3, -0.25) is 4.79 Å². The van der Waals surface area contributed by atoms with Crippen molar-refractivity contribution in [1.29, 1.82) is 0 Å². The Balaban J connectivity index is 2.63. The molecule has 0 unspecified atom stereocenters. The minimum Gasteiger partial charge on any atom is -0.370 e. The average molecular weight is 156 g/mol. The summed E-state index contributed by atoms with van der Waals surface area (Å²) in [5.74, 6) is 0.863. The number of hydrogen-bond acceptors (Lipinski definition) is 2. The fraction of sp³-hybridized carbons (Fsp3) is 0.889. The van der Waals surface area contributed by atoms with Crippen LogP contribution in [0.2, 0.25) is 0 Å². The highest BCUT2D eigenvalue weighted by molar-refractivity contribution is 5.84. The maximum Gasteiger partial charge on any atom is 0.164 e. The molecule has 64 valence electrons. The molecule has 1 saturated heterocycles. The van der Waals surface area contributed by atoms with Crippen molar-refractivity contribution in [2.45, 2.75) is 33.3 Å². The van der Waals surface area contributed by atoms with Crippen LogP contribution in [0.25, 0.3) is 0 Å². The van der Waals surface area contributed by atoms with Crippen LogP contribution in [0.5, 0.6) is 0 Å². The minimum atomic E-state index is 0.153. The predicted molar refractivity (Wildman–Crippen MR) is 43.4 cm³/mol. The lowest BCUT2D eigenvalue weighted by molar-refractivity contribution is -0.121. The van der Waals surface area contributed by atoms with Crippen LogP contribution in [0.15, 0.2) is 0 Å². The van der Waals surface area contributed by atoms with Gasteiger partial charge in [0.15, 0.2) is 5.78 Å². The van der Waals surface area contributed by atoms with E-state index in [0.717, 1.165) is 6.42 Å². The summed E-state index contributed by atoms with van der Waals surface area (Å²) in [6.45, 7) is 6.57. The van der Waals surface area contributed by atoms with E-state index in [2.05, 4.69) is 20.8 Å². The van der Waals surface area contributed by atoms with E-state index in [1.807, 2.05) is 0 Å². The summed E-state index contributed by atoms with van der Waals surface area (Å²) < 4.78 is 5.34. The molecule has 0 N–H and O–H groups in total. The van der Waals surface area contributed by atoms with Crippen LogP contribution >= 0.6 is 0 Å². The first-order chi connectivity index (χ1) is 5.16. The van der Waals surface area contributed by atoms with Crippen molar-refractivity contribution in [2.75, 3.05) is 6.61 Å². The van der Waals surface area contributed by atoms with Crippen molar-refractivity contribution in [3.8, 4) is 0 Å². The lowest BCUT2D eigenvalue weighted by Gasteiger charge is -2.18. The van der Waals surface area contributed by atoms with Crippen molar-refractivity contribution in [3.05, 3.63) is 0 Å². The van der Waals surface area contributed by atoms with E-state index in [0.29, 0.717) is 12.5 Å². The summed E-state index contributed by atoms with van der Waals surface area (Å²) in [4.78, 5) is 11.3. The minimum absolute atomic E-state index is 0.153. The van der Waals surface area contributed by atoms with Gasteiger partial charge in [0, 0.05) is 5.92 Å². The highest BCUT2D eigenvalue weighted by Crippen LogP contribution is 2.26. The molecule has 0 spiro atoms. The molecule has 0 aliphatic carbocycles. The topological polar surface area (TPSA) is 26.3 Å².